The Bertz CT molecular complexity index is 774. The first-order valence-corrected chi connectivity index (χ1v) is 7.60. The van der Waals surface area contributed by atoms with Crippen LogP contribution in [0.5, 0.6) is 5.75 Å². The summed E-state index contributed by atoms with van der Waals surface area (Å²) in [5.41, 5.74) is 6.44. The molecule has 130 valence electrons. The lowest BCUT2D eigenvalue weighted by molar-refractivity contribution is -0.152. The molecule has 0 atom stereocenters. The van der Waals surface area contributed by atoms with Crippen LogP contribution < -0.4 is 15.8 Å². The van der Waals surface area contributed by atoms with E-state index in [1.807, 2.05) is 30.3 Å². The number of hydrogen-bond donors (Lipinski definition) is 2. The molecule has 0 bridgehead atoms. The fraction of sp³-hybridized carbons (Fsp3) is 0.167. The second kappa shape index (κ2) is 8.49. The highest BCUT2D eigenvalue weighted by atomic mass is 16.5. The second-order valence-electron chi connectivity index (χ2n) is 5.02. The number of rotatable bonds is 6. The van der Waals surface area contributed by atoms with Crippen LogP contribution >= 0.6 is 0 Å². The molecule has 3 N–H and O–H groups in total. The van der Waals surface area contributed by atoms with Crippen LogP contribution in [-0.4, -0.2) is 24.4 Å². The Morgan fingerprint density at radius 2 is 1.80 bits per heavy atom. The van der Waals surface area contributed by atoms with Gasteiger partial charge in [-0.15, -0.1) is 0 Å². The molecule has 7 heteroatoms. The van der Waals surface area contributed by atoms with E-state index in [4.69, 9.17) is 10.5 Å². The van der Waals surface area contributed by atoms with Gasteiger partial charge in [-0.05, 0) is 30.7 Å². The highest BCUT2D eigenvalue weighted by Crippen LogP contribution is 2.23. The number of ether oxygens (including phenoxy) is 2. The highest BCUT2D eigenvalue weighted by Gasteiger charge is 2.18. The lowest BCUT2D eigenvalue weighted by atomic mass is 10.1. The molecule has 0 aliphatic carbocycles. The molecule has 7 nitrogen and oxygen atoms in total. The van der Waals surface area contributed by atoms with Crippen LogP contribution in [0, 0.1) is 0 Å². The fourth-order valence-corrected chi connectivity index (χ4v) is 2.04. The van der Waals surface area contributed by atoms with Crippen molar-refractivity contribution in [1.82, 2.24) is 0 Å². The first kappa shape index (κ1) is 18.0. The average molecular weight is 342 g/mol. The quantitative estimate of drug-likeness (QED) is 0.615. The van der Waals surface area contributed by atoms with Crippen molar-refractivity contribution in [2.24, 2.45) is 5.73 Å². The first-order valence-electron chi connectivity index (χ1n) is 7.60. The van der Waals surface area contributed by atoms with Crippen LogP contribution in [0.1, 0.15) is 22.8 Å². The van der Waals surface area contributed by atoms with E-state index in [9.17, 15) is 14.4 Å². The predicted molar refractivity (Wildman–Crippen MR) is 91.0 cm³/mol. The Kier molecular flexibility index (Phi) is 6.11. The monoisotopic (exact) mass is 342 g/mol. The van der Waals surface area contributed by atoms with E-state index in [-0.39, 0.29) is 17.9 Å². The molecule has 0 fully saturated rings. The van der Waals surface area contributed by atoms with Gasteiger partial charge in [0.2, 0.25) is 0 Å². The third kappa shape index (κ3) is 5.07. The van der Waals surface area contributed by atoms with E-state index < -0.39 is 17.8 Å². The third-order valence-corrected chi connectivity index (χ3v) is 3.21. The summed E-state index contributed by atoms with van der Waals surface area (Å²) in [6, 6.07) is 13.9. The zero-order valence-electron chi connectivity index (χ0n) is 13.7. The van der Waals surface area contributed by atoms with Crippen molar-refractivity contribution in [3.05, 3.63) is 59.7 Å². The molecule has 2 aromatic rings. The van der Waals surface area contributed by atoms with Crippen LogP contribution in [0.2, 0.25) is 0 Å². The minimum absolute atomic E-state index is 0.0308. The number of amides is 2. The maximum Gasteiger partial charge on any atom is 0.397 e. The molecular weight excluding hydrogens is 324 g/mol. The smallest absolute Gasteiger partial charge is 0.397 e. The molecule has 0 heterocycles. The number of nitrogens with one attached hydrogen (secondary N) is 1. The van der Waals surface area contributed by atoms with Gasteiger partial charge in [0.15, 0.2) is 0 Å². The van der Waals surface area contributed by atoms with Gasteiger partial charge < -0.3 is 20.5 Å². The molecule has 0 unspecified atom stereocenters. The van der Waals surface area contributed by atoms with Crippen molar-refractivity contribution in [3.63, 3.8) is 0 Å². The molecule has 0 aliphatic rings. The Morgan fingerprint density at radius 3 is 2.44 bits per heavy atom. The van der Waals surface area contributed by atoms with Crippen molar-refractivity contribution in [2.45, 2.75) is 13.5 Å². The van der Waals surface area contributed by atoms with Crippen molar-refractivity contribution in [2.75, 3.05) is 11.9 Å². The molecule has 0 spiro atoms. The second-order valence-corrected chi connectivity index (χ2v) is 5.02. The summed E-state index contributed by atoms with van der Waals surface area (Å²) in [5.74, 6) is -2.37. The van der Waals surface area contributed by atoms with Gasteiger partial charge in [0.05, 0.1) is 17.9 Å². The van der Waals surface area contributed by atoms with Gasteiger partial charge in [0.1, 0.15) is 12.4 Å². The Morgan fingerprint density at radius 1 is 1.08 bits per heavy atom. The molecule has 2 amide bonds. The number of carbonyl (C=O) groups is 3. The predicted octanol–water partition coefficient (Wildman–Crippen LogP) is 1.87. The number of esters is 1. The van der Waals surface area contributed by atoms with Crippen LogP contribution in [0.3, 0.4) is 0 Å². The molecule has 2 aromatic carbocycles. The summed E-state index contributed by atoms with van der Waals surface area (Å²) < 4.78 is 10.2. The summed E-state index contributed by atoms with van der Waals surface area (Å²) in [6.07, 6.45) is 0. The number of primary amides is 1. The molecule has 0 radical (unpaired) electrons. The molecule has 0 aliphatic heterocycles. The zero-order valence-corrected chi connectivity index (χ0v) is 13.7. The lowest BCUT2D eigenvalue weighted by Gasteiger charge is -2.11. The van der Waals surface area contributed by atoms with Crippen molar-refractivity contribution < 1.29 is 23.9 Å². The summed E-state index contributed by atoms with van der Waals surface area (Å²) >= 11 is 0. The minimum atomic E-state index is -1.04. The van der Waals surface area contributed by atoms with Gasteiger partial charge >= 0.3 is 11.9 Å². The van der Waals surface area contributed by atoms with E-state index in [1.54, 1.807) is 13.0 Å². The molecule has 0 aromatic heterocycles. The first-order chi connectivity index (χ1) is 12.0. The number of nitrogens with two attached hydrogens (primary N) is 1. The Balaban J connectivity index is 2.13. The van der Waals surface area contributed by atoms with E-state index in [2.05, 4.69) is 10.1 Å². The van der Waals surface area contributed by atoms with Crippen LogP contribution in [0.25, 0.3) is 0 Å². The van der Waals surface area contributed by atoms with Crippen molar-refractivity contribution in [3.8, 4) is 5.75 Å². The van der Waals surface area contributed by atoms with Gasteiger partial charge in [0, 0.05) is 0 Å². The summed E-state index contributed by atoms with van der Waals surface area (Å²) in [4.78, 5) is 34.7. The van der Waals surface area contributed by atoms with Crippen LogP contribution in [-0.2, 0) is 20.9 Å². The largest absolute Gasteiger partial charge is 0.489 e. The van der Waals surface area contributed by atoms with E-state index >= 15 is 0 Å². The van der Waals surface area contributed by atoms with E-state index in [0.717, 1.165) is 5.56 Å². The summed E-state index contributed by atoms with van der Waals surface area (Å²) in [6.45, 7) is 1.97. The molecular formula is C18H18N2O5. The zero-order chi connectivity index (χ0) is 18.2. The minimum Gasteiger partial charge on any atom is -0.489 e. The fourth-order valence-electron chi connectivity index (χ4n) is 2.04. The van der Waals surface area contributed by atoms with Gasteiger partial charge in [-0.3, -0.25) is 9.59 Å². The number of carbonyl (C=O) groups excluding carboxylic acids is 3. The van der Waals surface area contributed by atoms with Gasteiger partial charge in [-0.2, -0.15) is 0 Å². The summed E-state index contributed by atoms with van der Waals surface area (Å²) in [7, 11) is 0. The lowest BCUT2D eigenvalue weighted by Crippen LogP contribution is -2.26. The molecule has 0 saturated carbocycles. The molecule has 25 heavy (non-hydrogen) atoms. The van der Waals surface area contributed by atoms with Crippen molar-refractivity contribution in [1.29, 1.82) is 0 Å². The number of hydrogen-bond acceptors (Lipinski definition) is 5. The van der Waals surface area contributed by atoms with Crippen LogP contribution in [0.15, 0.2) is 48.5 Å². The number of anilines is 1. The van der Waals surface area contributed by atoms with E-state index in [1.165, 1.54) is 12.1 Å². The number of benzene rings is 2. The Labute approximate surface area is 144 Å². The average Bonchev–Trinajstić information content (AvgIpc) is 2.61. The van der Waals surface area contributed by atoms with Gasteiger partial charge in [-0.25, -0.2) is 4.79 Å². The third-order valence-electron chi connectivity index (χ3n) is 3.21. The van der Waals surface area contributed by atoms with Crippen molar-refractivity contribution >= 4 is 23.5 Å². The maximum atomic E-state index is 11.7. The molecule has 0 saturated heterocycles. The topological polar surface area (TPSA) is 108 Å². The normalized spacial score (nSPS) is 9.96. The SMILES string of the molecule is CCOC(=O)C(=O)Nc1ccc(OCc2ccccc2)cc1C(N)=O. The standard InChI is InChI=1S/C18H18N2O5/c1-2-24-18(23)17(22)20-15-9-8-13(10-14(15)16(19)21)25-11-12-6-4-3-5-7-12/h3-10H,2,11H2,1H3,(H2,19,21)(H,20,22). The summed E-state index contributed by atoms with van der Waals surface area (Å²) in [5, 5.41) is 2.31. The van der Waals surface area contributed by atoms with Gasteiger partial charge in [0.25, 0.3) is 5.91 Å². The highest BCUT2D eigenvalue weighted by molar-refractivity contribution is 6.37. The molecule has 2 rings (SSSR count). The van der Waals surface area contributed by atoms with Crippen LogP contribution in [0.4, 0.5) is 5.69 Å². The van der Waals surface area contributed by atoms with E-state index in [0.29, 0.717) is 12.4 Å². The Hall–Kier alpha value is -3.35. The van der Waals surface area contributed by atoms with Gasteiger partial charge in [-0.1, -0.05) is 30.3 Å². The maximum absolute atomic E-state index is 11.7.